The van der Waals surface area contributed by atoms with Gasteiger partial charge in [-0.05, 0) is 18.9 Å². The average molecular weight is 225 g/mol. The molecule has 0 aliphatic rings. The highest BCUT2D eigenvalue weighted by molar-refractivity contribution is 4.93. The first-order valence-electron chi connectivity index (χ1n) is 6.16. The van der Waals surface area contributed by atoms with Gasteiger partial charge in [0.15, 0.2) is 5.82 Å². The fraction of sp³-hybridized carbons (Fsp3) is 0.833. The zero-order chi connectivity index (χ0) is 12.0. The summed E-state index contributed by atoms with van der Waals surface area (Å²) in [6, 6.07) is 0. The molecule has 0 spiro atoms. The largest absolute Gasteiger partial charge is 0.339 e. The van der Waals surface area contributed by atoms with Crippen LogP contribution >= 0.6 is 0 Å². The minimum absolute atomic E-state index is 0.292. The van der Waals surface area contributed by atoms with Gasteiger partial charge in [-0.2, -0.15) is 4.98 Å². The molecule has 16 heavy (non-hydrogen) atoms. The van der Waals surface area contributed by atoms with Gasteiger partial charge in [-0.25, -0.2) is 0 Å². The molecular weight excluding hydrogens is 202 g/mol. The summed E-state index contributed by atoms with van der Waals surface area (Å²) in [6.07, 6.45) is 2.02. The van der Waals surface area contributed by atoms with E-state index in [0.29, 0.717) is 11.8 Å². The lowest BCUT2D eigenvalue weighted by Gasteiger charge is -2.05. The van der Waals surface area contributed by atoms with Crippen molar-refractivity contribution in [3.05, 3.63) is 11.7 Å². The number of likely N-dealkylation sites (N-methyl/N-ethyl adjacent to an activating group) is 1. The monoisotopic (exact) mass is 225 g/mol. The van der Waals surface area contributed by atoms with Gasteiger partial charge in [0.2, 0.25) is 5.89 Å². The molecule has 4 heteroatoms. The summed E-state index contributed by atoms with van der Waals surface area (Å²) in [5, 5.41) is 7.28. The van der Waals surface area contributed by atoms with Gasteiger partial charge in [0.25, 0.3) is 0 Å². The van der Waals surface area contributed by atoms with Crippen molar-refractivity contribution in [2.24, 2.45) is 5.92 Å². The van der Waals surface area contributed by atoms with Crippen LogP contribution in [0.25, 0.3) is 0 Å². The lowest BCUT2D eigenvalue weighted by Crippen LogP contribution is -2.19. The number of hydrogen-bond donors (Lipinski definition) is 1. The molecule has 1 rings (SSSR count). The van der Waals surface area contributed by atoms with Crippen molar-refractivity contribution in [3.8, 4) is 0 Å². The number of hydrogen-bond acceptors (Lipinski definition) is 4. The number of rotatable bonds is 7. The zero-order valence-electron chi connectivity index (χ0n) is 10.8. The van der Waals surface area contributed by atoms with E-state index in [2.05, 4.69) is 43.2 Å². The van der Waals surface area contributed by atoms with Crippen LogP contribution in [0, 0.1) is 5.92 Å². The maximum atomic E-state index is 5.25. The highest BCUT2D eigenvalue weighted by Crippen LogP contribution is 2.13. The molecule has 0 saturated carbocycles. The molecule has 1 unspecified atom stereocenters. The Bertz CT molecular complexity index is 296. The Morgan fingerprint density at radius 2 is 2.06 bits per heavy atom. The van der Waals surface area contributed by atoms with Crippen molar-refractivity contribution < 1.29 is 4.52 Å². The fourth-order valence-electron chi connectivity index (χ4n) is 1.44. The Morgan fingerprint density at radius 1 is 1.31 bits per heavy atom. The van der Waals surface area contributed by atoms with Gasteiger partial charge >= 0.3 is 0 Å². The molecule has 0 aliphatic carbocycles. The molecule has 1 atom stereocenters. The third-order valence-corrected chi connectivity index (χ3v) is 2.55. The smallest absolute Gasteiger partial charge is 0.230 e. The first-order chi connectivity index (χ1) is 7.63. The quantitative estimate of drug-likeness (QED) is 0.774. The van der Waals surface area contributed by atoms with Gasteiger partial charge < -0.3 is 9.84 Å². The van der Waals surface area contributed by atoms with Crippen molar-refractivity contribution in [1.82, 2.24) is 15.5 Å². The first-order valence-corrected chi connectivity index (χ1v) is 6.16. The molecule has 1 aromatic rings. The van der Waals surface area contributed by atoms with Crippen LogP contribution in [0.2, 0.25) is 0 Å². The predicted molar refractivity (Wildman–Crippen MR) is 64.4 cm³/mol. The lowest BCUT2D eigenvalue weighted by atomic mass is 10.1. The second-order valence-corrected chi connectivity index (χ2v) is 4.69. The molecular formula is C12H23N3O. The van der Waals surface area contributed by atoms with Crippen LogP contribution < -0.4 is 5.32 Å². The van der Waals surface area contributed by atoms with E-state index in [1.165, 1.54) is 0 Å². The molecule has 0 aromatic carbocycles. The fourth-order valence-corrected chi connectivity index (χ4v) is 1.44. The summed E-state index contributed by atoms with van der Waals surface area (Å²) in [7, 11) is 0. The van der Waals surface area contributed by atoms with E-state index in [1.807, 2.05) is 0 Å². The topological polar surface area (TPSA) is 51.0 Å². The highest BCUT2D eigenvalue weighted by Gasteiger charge is 2.13. The van der Waals surface area contributed by atoms with Gasteiger partial charge in [0.05, 0.1) is 0 Å². The predicted octanol–water partition coefficient (Wildman–Crippen LogP) is 2.37. The average Bonchev–Trinajstić information content (AvgIpc) is 2.71. The van der Waals surface area contributed by atoms with Gasteiger partial charge in [0.1, 0.15) is 0 Å². The third-order valence-electron chi connectivity index (χ3n) is 2.55. The SMILES string of the molecule is CCNCC(C)c1nc(CCC(C)C)no1. The van der Waals surface area contributed by atoms with Gasteiger partial charge in [-0.15, -0.1) is 0 Å². The van der Waals surface area contributed by atoms with E-state index in [0.717, 1.165) is 37.6 Å². The van der Waals surface area contributed by atoms with Crippen molar-refractivity contribution in [3.63, 3.8) is 0 Å². The van der Waals surface area contributed by atoms with Crippen LogP contribution in [0.1, 0.15) is 51.7 Å². The molecule has 92 valence electrons. The summed E-state index contributed by atoms with van der Waals surface area (Å²) in [4.78, 5) is 4.42. The zero-order valence-corrected chi connectivity index (χ0v) is 10.8. The lowest BCUT2D eigenvalue weighted by molar-refractivity contribution is 0.350. The Labute approximate surface area is 97.8 Å². The van der Waals surface area contributed by atoms with E-state index in [4.69, 9.17) is 4.52 Å². The minimum Gasteiger partial charge on any atom is -0.339 e. The summed E-state index contributed by atoms with van der Waals surface area (Å²) in [6.45, 7) is 10.5. The molecule has 0 radical (unpaired) electrons. The second-order valence-electron chi connectivity index (χ2n) is 4.69. The van der Waals surface area contributed by atoms with E-state index in [1.54, 1.807) is 0 Å². The Morgan fingerprint density at radius 3 is 2.69 bits per heavy atom. The first kappa shape index (κ1) is 13.2. The van der Waals surface area contributed by atoms with E-state index in [-0.39, 0.29) is 0 Å². The van der Waals surface area contributed by atoms with Gasteiger partial charge in [0, 0.05) is 18.9 Å². The normalized spacial score (nSPS) is 13.3. The second kappa shape index (κ2) is 6.63. The molecule has 0 amide bonds. The van der Waals surface area contributed by atoms with E-state index < -0.39 is 0 Å². The van der Waals surface area contributed by atoms with Gasteiger partial charge in [-0.3, -0.25) is 0 Å². The van der Waals surface area contributed by atoms with E-state index >= 15 is 0 Å². The number of nitrogens with one attached hydrogen (secondary N) is 1. The summed E-state index contributed by atoms with van der Waals surface area (Å²) in [5.41, 5.74) is 0. The van der Waals surface area contributed by atoms with Crippen LogP contribution in [-0.4, -0.2) is 23.2 Å². The molecule has 0 fully saturated rings. The van der Waals surface area contributed by atoms with Crippen molar-refractivity contribution in [2.45, 2.75) is 46.5 Å². The Hall–Kier alpha value is -0.900. The highest BCUT2D eigenvalue weighted by atomic mass is 16.5. The van der Waals surface area contributed by atoms with E-state index in [9.17, 15) is 0 Å². The van der Waals surface area contributed by atoms with Crippen LogP contribution in [0.3, 0.4) is 0 Å². The maximum absolute atomic E-state index is 5.25. The number of nitrogens with zero attached hydrogens (tertiary/aromatic N) is 2. The van der Waals surface area contributed by atoms with Crippen molar-refractivity contribution in [2.75, 3.05) is 13.1 Å². The molecule has 0 bridgehead atoms. The van der Waals surface area contributed by atoms with Crippen LogP contribution in [0.4, 0.5) is 0 Å². The minimum atomic E-state index is 0.292. The Kier molecular flexibility index (Phi) is 5.46. The maximum Gasteiger partial charge on any atom is 0.230 e. The van der Waals surface area contributed by atoms with Crippen LogP contribution in [0.5, 0.6) is 0 Å². The Balaban J connectivity index is 2.43. The molecule has 1 aromatic heterocycles. The standard InChI is InChI=1S/C12H23N3O/c1-5-13-8-10(4)12-14-11(15-16-12)7-6-9(2)3/h9-10,13H,5-8H2,1-4H3. The number of aromatic nitrogens is 2. The van der Waals surface area contributed by atoms with Gasteiger partial charge in [-0.1, -0.05) is 32.9 Å². The van der Waals surface area contributed by atoms with Crippen LogP contribution in [0.15, 0.2) is 4.52 Å². The molecule has 0 saturated heterocycles. The molecule has 4 nitrogen and oxygen atoms in total. The van der Waals surface area contributed by atoms with Crippen molar-refractivity contribution in [1.29, 1.82) is 0 Å². The third kappa shape index (κ3) is 4.31. The summed E-state index contributed by atoms with van der Waals surface area (Å²) in [5.74, 6) is 2.56. The molecule has 0 aliphatic heterocycles. The van der Waals surface area contributed by atoms with Crippen molar-refractivity contribution >= 4 is 0 Å². The van der Waals surface area contributed by atoms with Crippen LogP contribution in [-0.2, 0) is 6.42 Å². The summed E-state index contributed by atoms with van der Waals surface area (Å²) >= 11 is 0. The summed E-state index contributed by atoms with van der Waals surface area (Å²) < 4.78 is 5.25. The number of aryl methyl sites for hydroxylation is 1. The molecule has 1 N–H and O–H groups in total. The molecule has 1 heterocycles.